The van der Waals surface area contributed by atoms with Gasteiger partial charge in [0.25, 0.3) is 0 Å². The molecule has 0 radical (unpaired) electrons. The smallest absolute Gasteiger partial charge is 0.342 e. The van der Waals surface area contributed by atoms with E-state index in [9.17, 15) is 18.7 Å². The van der Waals surface area contributed by atoms with Crippen LogP contribution in [-0.2, 0) is 0 Å². The molecule has 2 aromatic carbocycles. The topological polar surface area (TPSA) is 57.5 Å². The number of halogens is 2. The van der Waals surface area contributed by atoms with Crippen LogP contribution in [0.5, 0.6) is 5.75 Å². The number of aromatic hydroxyl groups is 1. The lowest BCUT2D eigenvalue weighted by atomic mass is 10.0. The largest absolute Gasteiger partial charge is 0.507 e. The molecule has 0 aliphatic heterocycles. The monoisotopic (exact) mass is 250 g/mol. The van der Waals surface area contributed by atoms with E-state index in [1.807, 2.05) is 0 Å². The first-order valence-corrected chi connectivity index (χ1v) is 5.02. The molecule has 0 aliphatic carbocycles. The first kappa shape index (κ1) is 12.0. The summed E-state index contributed by atoms with van der Waals surface area (Å²) in [6.45, 7) is 0. The molecule has 0 atom stereocenters. The molecular formula is C13H8F2O3. The van der Waals surface area contributed by atoms with Gasteiger partial charge >= 0.3 is 5.97 Å². The summed E-state index contributed by atoms with van der Waals surface area (Å²) in [7, 11) is 0. The zero-order valence-corrected chi connectivity index (χ0v) is 9.02. The van der Waals surface area contributed by atoms with E-state index in [2.05, 4.69) is 0 Å². The predicted octanol–water partition coefficient (Wildman–Crippen LogP) is 3.04. The fraction of sp³-hybridized carbons (Fsp3) is 0. The number of carboxylic acids is 1. The summed E-state index contributed by atoms with van der Waals surface area (Å²) < 4.78 is 27.5. The third-order valence-corrected chi connectivity index (χ3v) is 2.50. The Balaban J connectivity index is 2.71. The molecule has 2 aromatic rings. The lowest BCUT2D eigenvalue weighted by Gasteiger charge is -2.08. The zero-order valence-electron chi connectivity index (χ0n) is 9.02. The number of benzene rings is 2. The maximum Gasteiger partial charge on any atom is 0.342 e. The Morgan fingerprint density at radius 3 is 2.28 bits per heavy atom. The summed E-state index contributed by atoms with van der Waals surface area (Å²) in [5.41, 5.74) is -1.13. The van der Waals surface area contributed by atoms with E-state index < -0.39 is 28.9 Å². The van der Waals surface area contributed by atoms with Gasteiger partial charge in [0.2, 0.25) is 0 Å². The van der Waals surface area contributed by atoms with Crippen LogP contribution in [0.3, 0.4) is 0 Å². The standard InChI is InChI=1S/C13H8F2O3/c14-9-4-2-1-3-7(9)8-5-6-10(16)11(12(8)15)13(17)18/h1-6,16H,(H,17,18). The van der Waals surface area contributed by atoms with Crippen molar-refractivity contribution in [2.75, 3.05) is 0 Å². The van der Waals surface area contributed by atoms with Gasteiger partial charge in [-0.2, -0.15) is 0 Å². The molecule has 0 heterocycles. The molecule has 0 unspecified atom stereocenters. The van der Waals surface area contributed by atoms with Crippen molar-refractivity contribution >= 4 is 5.97 Å². The highest BCUT2D eigenvalue weighted by Gasteiger charge is 2.21. The Bertz CT molecular complexity index is 624. The molecule has 0 saturated heterocycles. The van der Waals surface area contributed by atoms with Gasteiger partial charge in [-0.3, -0.25) is 0 Å². The third kappa shape index (κ3) is 1.90. The molecule has 92 valence electrons. The average molecular weight is 250 g/mol. The number of carbonyl (C=O) groups is 1. The zero-order chi connectivity index (χ0) is 13.3. The first-order valence-electron chi connectivity index (χ1n) is 5.02. The summed E-state index contributed by atoms with van der Waals surface area (Å²) in [6, 6.07) is 7.57. The molecule has 2 N–H and O–H groups in total. The van der Waals surface area contributed by atoms with Gasteiger partial charge in [0.05, 0.1) is 0 Å². The molecule has 0 bridgehead atoms. The van der Waals surface area contributed by atoms with Crippen LogP contribution in [0, 0.1) is 11.6 Å². The summed E-state index contributed by atoms with van der Waals surface area (Å²) in [5, 5.41) is 18.1. The normalized spacial score (nSPS) is 10.3. The minimum absolute atomic E-state index is 0.0579. The molecule has 0 aromatic heterocycles. The summed E-state index contributed by atoms with van der Waals surface area (Å²) in [5.74, 6) is -4.13. The van der Waals surface area contributed by atoms with E-state index in [0.717, 1.165) is 18.2 Å². The first-order chi connectivity index (χ1) is 8.52. The van der Waals surface area contributed by atoms with Crippen LogP contribution in [0.1, 0.15) is 10.4 Å². The summed E-state index contributed by atoms with van der Waals surface area (Å²) >= 11 is 0. The van der Waals surface area contributed by atoms with Crippen molar-refractivity contribution in [1.29, 1.82) is 0 Å². The number of carboxylic acid groups (broad SMARTS) is 1. The van der Waals surface area contributed by atoms with Gasteiger partial charge in [0, 0.05) is 11.1 Å². The summed E-state index contributed by atoms with van der Waals surface area (Å²) in [4.78, 5) is 10.8. The molecule has 0 amide bonds. The van der Waals surface area contributed by atoms with E-state index in [4.69, 9.17) is 5.11 Å². The molecule has 0 fully saturated rings. The van der Waals surface area contributed by atoms with Crippen molar-refractivity contribution in [3.63, 3.8) is 0 Å². The second kappa shape index (κ2) is 4.44. The van der Waals surface area contributed by atoms with Gasteiger partial charge in [0.15, 0.2) is 0 Å². The van der Waals surface area contributed by atoms with Gasteiger partial charge in [0.1, 0.15) is 22.9 Å². The van der Waals surface area contributed by atoms with Gasteiger partial charge in [-0.1, -0.05) is 18.2 Å². The van der Waals surface area contributed by atoms with Crippen LogP contribution in [0.2, 0.25) is 0 Å². The number of hydrogen-bond donors (Lipinski definition) is 2. The fourth-order valence-corrected chi connectivity index (χ4v) is 1.66. The van der Waals surface area contributed by atoms with Gasteiger partial charge in [-0.05, 0) is 18.2 Å². The number of rotatable bonds is 2. The Morgan fingerprint density at radius 1 is 1.00 bits per heavy atom. The second-order valence-electron chi connectivity index (χ2n) is 3.61. The molecule has 0 spiro atoms. The van der Waals surface area contributed by atoms with Crippen LogP contribution >= 0.6 is 0 Å². The minimum Gasteiger partial charge on any atom is -0.507 e. The molecule has 5 heteroatoms. The van der Waals surface area contributed by atoms with E-state index in [1.54, 1.807) is 0 Å². The Morgan fingerprint density at radius 2 is 1.67 bits per heavy atom. The van der Waals surface area contributed by atoms with E-state index in [0.29, 0.717) is 0 Å². The minimum atomic E-state index is -1.61. The van der Waals surface area contributed by atoms with Gasteiger partial charge in [-0.15, -0.1) is 0 Å². The van der Waals surface area contributed by atoms with Gasteiger partial charge in [-0.25, -0.2) is 13.6 Å². The van der Waals surface area contributed by atoms with Crippen LogP contribution in [0.25, 0.3) is 11.1 Å². The number of hydrogen-bond acceptors (Lipinski definition) is 2. The fourth-order valence-electron chi connectivity index (χ4n) is 1.66. The van der Waals surface area contributed by atoms with Crippen molar-refractivity contribution in [2.45, 2.75) is 0 Å². The Kier molecular flexibility index (Phi) is 2.97. The van der Waals surface area contributed by atoms with Crippen molar-refractivity contribution in [3.05, 3.63) is 53.6 Å². The van der Waals surface area contributed by atoms with E-state index in [-0.39, 0.29) is 11.1 Å². The third-order valence-electron chi connectivity index (χ3n) is 2.50. The average Bonchev–Trinajstić information content (AvgIpc) is 2.30. The SMILES string of the molecule is O=C(O)c1c(O)ccc(-c2ccccc2F)c1F. The van der Waals surface area contributed by atoms with E-state index >= 15 is 0 Å². The maximum absolute atomic E-state index is 13.9. The number of aromatic carboxylic acids is 1. The lowest BCUT2D eigenvalue weighted by Crippen LogP contribution is -2.03. The molecule has 0 saturated carbocycles. The van der Waals surface area contributed by atoms with E-state index in [1.165, 1.54) is 18.2 Å². The molecule has 2 rings (SSSR count). The number of phenols is 1. The molecule has 0 aliphatic rings. The predicted molar refractivity (Wildman–Crippen MR) is 60.4 cm³/mol. The summed E-state index contributed by atoms with van der Waals surface area (Å²) in [6.07, 6.45) is 0. The molecular weight excluding hydrogens is 242 g/mol. The van der Waals surface area contributed by atoms with Crippen molar-refractivity contribution in [2.24, 2.45) is 0 Å². The highest BCUT2D eigenvalue weighted by atomic mass is 19.1. The second-order valence-corrected chi connectivity index (χ2v) is 3.61. The van der Waals surface area contributed by atoms with Crippen LogP contribution in [0.15, 0.2) is 36.4 Å². The maximum atomic E-state index is 13.9. The highest BCUT2D eigenvalue weighted by Crippen LogP contribution is 2.31. The van der Waals surface area contributed by atoms with Crippen LogP contribution in [0.4, 0.5) is 8.78 Å². The highest BCUT2D eigenvalue weighted by molar-refractivity contribution is 5.93. The quantitative estimate of drug-likeness (QED) is 0.861. The van der Waals surface area contributed by atoms with Crippen molar-refractivity contribution in [3.8, 4) is 16.9 Å². The molecule has 18 heavy (non-hydrogen) atoms. The van der Waals surface area contributed by atoms with Crippen LogP contribution in [-0.4, -0.2) is 16.2 Å². The molecule has 3 nitrogen and oxygen atoms in total. The Hall–Kier alpha value is -2.43. The van der Waals surface area contributed by atoms with Crippen molar-refractivity contribution < 1.29 is 23.8 Å². The van der Waals surface area contributed by atoms with Gasteiger partial charge < -0.3 is 10.2 Å². The lowest BCUT2D eigenvalue weighted by molar-refractivity contribution is 0.0688. The van der Waals surface area contributed by atoms with Crippen molar-refractivity contribution in [1.82, 2.24) is 0 Å². The van der Waals surface area contributed by atoms with Crippen LogP contribution < -0.4 is 0 Å². The Labute approximate surface area is 101 Å².